The molecular weight excluding hydrogens is 753 g/mol. The van der Waals surface area contributed by atoms with Gasteiger partial charge in [-0.1, -0.05) is 102 Å². The van der Waals surface area contributed by atoms with Gasteiger partial charge >= 0.3 is 5.97 Å². The summed E-state index contributed by atoms with van der Waals surface area (Å²) in [6.07, 6.45) is 0.462. The second-order valence-electron chi connectivity index (χ2n) is 19.1. The van der Waals surface area contributed by atoms with Crippen LogP contribution in [0.4, 0.5) is 0 Å². The van der Waals surface area contributed by atoms with Crippen LogP contribution in [0.1, 0.15) is 104 Å². The zero-order valence-corrected chi connectivity index (χ0v) is 38.0. The minimum atomic E-state index is -2.77. The number of carbonyl (C=O) groups is 1. The topological polar surface area (TPSA) is 113 Å². The van der Waals surface area contributed by atoms with Gasteiger partial charge in [0, 0.05) is 45.3 Å². The second-order valence-corrected chi connectivity index (χ2v) is 28.2. The number of rotatable bonds is 15. The van der Waals surface area contributed by atoms with E-state index in [-0.39, 0.29) is 29.0 Å². The van der Waals surface area contributed by atoms with Crippen molar-refractivity contribution in [3.8, 4) is 5.75 Å². The lowest BCUT2D eigenvalue weighted by Gasteiger charge is -2.52. The smallest absolute Gasteiger partial charge is 0.338 e. The lowest BCUT2D eigenvalue weighted by atomic mass is 9.81. The van der Waals surface area contributed by atoms with Crippen molar-refractivity contribution in [1.29, 1.82) is 0 Å². The number of methoxy groups -OCH3 is 1. The Kier molecular flexibility index (Phi) is 14.4. The van der Waals surface area contributed by atoms with Gasteiger partial charge in [-0.15, -0.1) is 0 Å². The van der Waals surface area contributed by atoms with Crippen molar-refractivity contribution in [2.75, 3.05) is 20.3 Å². The molecule has 11 heteroatoms. The van der Waals surface area contributed by atoms with Gasteiger partial charge in [-0.3, -0.25) is 0 Å². The summed E-state index contributed by atoms with van der Waals surface area (Å²) in [5.74, 6) is -1.01. The molecule has 0 radical (unpaired) electrons. The van der Waals surface area contributed by atoms with Gasteiger partial charge in [0.2, 0.25) is 0 Å². The maximum absolute atomic E-state index is 13.5. The van der Waals surface area contributed by atoms with Gasteiger partial charge in [0.15, 0.2) is 14.1 Å². The number of esters is 1. The molecule has 0 unspecified atom stereocenters. The van der Waals surface area contributed by atoms with E-state index in [4.69, 9.17) is 27.8 Å². The predicted octanol–water partition coefficient (Wildman–Crippen LogP) is 8.16. The molecule has 0 aromatic heterocycles. The molecule has 2 aliphatic rings. The van der Waals surface area contributed by atoms with E-state index in [0.717, 1.165) is 0 Å². The quantitative estimate of drug-likeness (QED) is 0.116. The summed E-state index contributed by atoms with van der Waals surface area (Å²) in [7, 11) is -3.25. The zero-order valence-electron chi connectivity index (χ0n) is 36.0. The number of benzene rings is 3. The number of hydrogen-bond acceptors (Lipinski definition) is 9. The van der Waals surface area contributed by atoms with E-state index in [9.17, 15) is 15.0 Å². The maximum atomic E-state index is 13.5. The minimum Gasteiger partial charge on any atom is -0.497 e. The highest BCUT2D eigenvalue weighted by Gasteiger charge is 2.53. The summed E-state index contributed by atoms with van der Waals surface area (Å²) in [5.41, 5.74) is -0.723. The summed E-state index contributed by atoms with van der Waals surface area (Å²) >= 11 is 0. The summed E-state index contributed by atoms with van der Waals surface area (Å²) in [4.78, 5) is 13.5. The van der Waals surface area contributed by atoms with E-state index in [1.807, 2.05) is 12.1 Å². The molecule has 0 amide bonds. The van der Waals surface area contributed by atoms with Gasteiger partial charge in [-0.05, 0) is 77.6 Å². The van der Waals surface area contributed by atoms with Crippen LogP contribution in [0.5, 0.6) is 5.75 Å². The van der Waals surface area contributed by atoms with Crippen molar-refractivity contribution in [1.82, 2.24) is 0 Å². The van der Waals surface area contributed by atoms with Crippen molar-refractivity contribution in [3.05, 3.63) is 90.5 Å². The first-order valence-corrected chi connectivity index (χ1v) is 25.5. The number of carbonyl (C=O) groups excluding carboxylic acids is 1. The third-order valence-corrected chi connectivity index (χ3v) is 21.8. The second kappa shape index (κ2) is 18.2. The Morgan fingerprint density at radius 2 is 1.40 bits per heavy atom. The Hall–Kier alpha value is -2.88. The molecule has 2 N–H and O–H groups in total. The molecule has 57 heavy (non-hydrogen) atoms. The van der Waals surface area contributed by atoms with E-state index in [0.29, 0.717) is 56.6 Å². The van der Waals surface area contributed by atoms with E-state index >= 15 is 0 Å². The van der Waals surface area contributed by atoms with Crippen LogP contribution in [0.3, 0.4) is 0 Å². The highest BCUT2D eigenvalue weighted by Crippen LogP contribution is 2.45. The van der Waals surface area contributed by atoms with Crippen LogP contribution in [0.15, 0.2) is 84.9 Å². The minimum absolute atomic E-state index is 0.0279. The van der Waals surface area contributed by atoms with Gasteiger partial charge < -0.3 is 38.0 Å². The van der Waals surface area contributed by atoms with Gasteiger partial charge in [0.05, 0.1) is 36.6 Å². The normalized spacial score (nSPS) is 25.2. The Balaban J connectivity index is 1.33. The van der Waals surface area contributed by atoms with Crippen molar-refractivity contribution in [3.63, 3.8) is 0 Å². The monoisotopic (exact) mass is 820 g/mol. The van der Waals surface area contributed by atoms with Crippen molar-refractivity contribution in [2.45, 2.75) is 152 Å². The van der Waals surface area contributed by atoms with E-state index in [2.05, 4.69) is 103 Å². The van der Waals surface area contributed by atoms with Crippen LogP contribution < -0.4 is 15.1 Å². The van der Waals surface area contributed by atoms with Crippen LogP contribution in [-0.2, 0) is 23.1 Å². The third kappa shape index (κ3) is 11.2. The lowest BCUT2D eigenvalue weighted by Crippen LogP contribution is -2.66. The SMILES string of the molecule is COc1ccc(C(=O)O[C@H](CCO[Si](C)(C)C(C)(C)C)C[C@H]2C[C@](C)(O)C[C@]3(C[C@@H](O)C[C@H](CCO[Si](c4ccccc4)(c4ccccc4)C(C)(C)C)O3)O2)cc1. The average molecular weight is 821 g/mol. The van der Waals surface area contributed by atoms with Crippen molar-refractivity contribution in [2.24, 2.45) is 0 Å². The number of aliphatic hydroxyl groups excluding tert-OH is 1. The van der Waals surface area contributed by atoms with E-state index in [1.165, 1.54) is 10.4 Å². The highest BCUT2D eigenvalue weighted by atomic mass is 28.4. The van der Waals surface area contributed by atoms with Crippen LogP contribution in [0, 0.1) is 0 Å². The summed E-state index contributed by atoms with van der Waals surface area (Å²) in [5, 5.41) is 25.4. The average Bonchev–Trinajstić information content (AvgIpc) is 3.12. The first-order valence-electron chi connectivity index (χ1n) is 20.7. The zero-order chi connectivity index (χ0) is 41.7. The summed E-state index contributed by atoms with van der Waals surface area (Å²) in [6.45, 7) is 20.4. The fourth-order valence-electron chi connectivity index (χ4n) is 8.41. The van der Waals surface area contributed by atoms with Crippen LogP contribution >= 0.6 is 0 Å². The fourth-order valence-corrected chi connectivity index (χ4v) is 14.0. The standard InChI is InChI=1S/C46H68O9Si2/c1-43(2,3)56(9,10)51-27-25-37(53-42(48)34-21-23-36(50-8)24-22-34)30-39-32-45(7,49)33-46(55-39)31-35(47)29-38(54-46)26-28-52-57(44(4,5)6,40-17-13-11-14-18-40)41-19-15-12-16-20-41/h11-24,35,37-39,47,49H,25-33H2,1-10H3/t35-,37+,38-,39-,45-,46-/m0/s1. The van der Waals surface area contributed by atoms with Gasteiger partial charge in [-0.2, -0.15) is 0 Å². The molecule has 3 aromatic rings. The molecule has 0 aliphatic carbocycles. The molecule has 2 saturated heterocycles. The maximum Gasteiger partial charge on any atom is 0.338 e. The number of hydrogen-bond donors (Lipinski definition) is 2. The first kappa shape index (κ1) is 45.2. The molecule has 6 atom stereocenters. The molecule has 2 heterocycles. The molecule has 9 nitrogen and oxygen atoms in total. The van der Waals surface area contributed by atoms with E-state index in [1.54, 1.807) is 38.3 Å². The molecule has 3 aromatic carbocycles. The Bertz CT molecular complexity index is 1680. The summed E-state index contributed by atoms with van der Waals surface area (Å²) in [6, 6.07) is 28.0. The molecule has 0 saturated carbocycles. The molecular formula is C46H68O9Si2. The van der Waals surface area contributed by atoms with Gasteiger partial charge in [0.25, 0.3) is 8.32 Å². The van der Waals surface area contributed by atoms with Gasteiger partial charge in [-0.25, -0.2) is 4.79 Å². The third-order valence-electron chi connectivity index (χ3n) is 12.2. The van der Waals surface area contributed by atoms with Crippen LogP contribution in [0.2, 0.25) is 23.2 Å². The molecule has 0 bridgehead atoms. The molecule has 2 fully saturated rings. The Morgan fingerprint density at radius 3 is 1.95 bits per heavy atom. The van der Waals surface area contributed by atoms with Gasteiger partial charge in [0.1, 0.15) is 11.9 Å². The largest absolute Gasteiger partial charge is 0.497 e. The lowest BCUT2D eigenvalue weighted by molar-refractivity contribution is -0.352. The fraction of sp³-hybridized carbons (Fsp3) is 0.587. The van der Waals surface area contributed by atoms with Crippen LogP contribution in [0.25, 0.3) is 0 Å². The Labute approximate surface area is 343 Å². The molecule has 2 aliphatic heterocycles. The highest BCUT2D eigenvalue weighted by molar-refractivity contribution is 6.99. The molecule has 314 valence electrons. The first-order chi connectivity index (χ1) is 26.7. The summed E-state index contributed by atoms with van der Waals surface area (Å²) < 4.78 is 38.8. The van der Waals surface area contributed by atoms with Crippen LogP contribution in [-0.4, -0.2) is 88.9 Å². The van der Waals surface area contributed by atoms with Crippen molar-refractivity contribution < 1.29 is 42.8 Å². The van der Waals surface area contributed by atoms with E-state index < -0.39 is 52.3 Å². The predicted molar refractivity (Wildman–Crippen MR) is 230 cm³/mol. The molecule has 1 spiro atoms. The molecule has 5 rings (SSSR count). The Morgan fingerprint density at radius 1 is 0.825 bits per heavy atom. The number of aliphatic hydroxyl groups is 2. The van der Waals surface area contributed by atoms with Crippen molar-refractivity contribution >= 4 is 33.0 Å². The number of ether oxygens (including phenoxy) is 4.